The quantitative estimate of drug-likeness (QED) is 0.123. The number of rotatable bonds is 11. The van der Waals surface area contributed by atoms with E-state index in [-0.39, 0.29) is 11.0 Å². The fourth-order valence-electron chi connectivity index (χ4n) is 7.00. The maximum atomic E-state index is 11.7. The molecule has 0 aromatic heterocycles. The molecule has 0 saturated carbocycles. The minimum Gasteiger partial charge on any atom is -0.477 e. The van der Waals surface area contributed by atoms with E-state index in [1.807, 2.05) is 12.1 Å². The summed E-state index contributed by atoms with van der Waals surface area (Å²) in [7, 11) is 0. The first-order chi connectivity index (χ1) is 22.0. The van der Waals surface area contributed by atoms with Crippen molar-refractivity contribution in [3.63, 3.8) is 0 Å². The van der Waals surface area contributed by atoms with E-state index in [4.69, 9.17) is 0 Å². The molecule has 0 amide bonds. The van der Waals surface area contributed by atoms with Gasteiger partial charge in [-0.3, -0.25) is 0 Å². The van der Waals surface area contributed by atoms with Gasteiger partial charge in [0, 0.05) is 22.5 Å². The summed E-state index contributed by atoms with van der Waals surface area (Å²) in [5.74, 6) is -1.20. The number of benzene rings is 5. The number of hydrogen-bond acceptors (Lipinski definition) is 3. The number of carbonyl (C=O) groups is 1. The molecule has 0 bridgehead atoms. The number of carboxylic acid groups (broad SMARTS) is 1. The molecular formula is C41H38N2O2. The Bertz CT molecular complexity index is 1930. The number of nitrogens with zero attached hydrogens (tertiary/aromatic N) is 2. The first-order valence-electron chi connectivity index (χ1n) is 16.0. The number of unbranched alkanes of at least 4 members (excludes halogenated alkanes) is 2. The standard InChI is InChI=1S/C41H38N2O2/c1-3-5-22-41(23-6-4-2)38-25-29(24-32(28-42)40(44)45)16-20-36(38)37-21-19-35(27-39(37)41)43(33-14-8-7-9-15-33)34-18-17-30-12-10-11-13-31(30)26-34/h7-21,24-27H,3-6,22-23H2,1-2H3,(H,44,45). The average molecular weight is 591 g/mol. The summed E-state index contributed by atoms with van der Waals surface area (Å²) >= 11 is 0. The molecule has 1 aliphatic rings. The van der Waals surface area contributed by atoms with E-state index in [1.165, 1.54) is 39.1 Å². The maximum absolute atomic E-state index is 11.7. The fourth-order valence-corrected chi connectivity index (χ4v) is 7.00. The van der Waals surface area contributed by atoms with Crippen LogP contribution in [0.3, 0.4) is 0 Å². The van der Waals surface area contributed by atoms with Crippen molar-refractivity contribution in [2.45, 2.75) is 57.8 Å². The fraction of sp³-hybridized carbons (Fsp3) is 0.220. The third-order valence-electron chi connectivity index (χ3n) is 9.21. The summed E-state index contributed by atoms with van der Waals surface area (Å²) < 4.78 is 0. The van der Waals surface area contributed by atoms with Crippen molar-refractivity contribution >= 4 is 39.9 Å². The molecule has 0 fully saturated rings. The second-order valence-electron chi connectivity index (χ2n) is 12.0. The van der Waals surface area contributed by atoms with Gasteiger partial charge in [0.05, 0.1) is 0 Å². The minimum absolute atomic E-state index is 0.210. The molecule has 45 heavy (non-hydrogen) atoms. The molecule has 224 valence electrons. The number of carboxylic acids is 1. The summed E-state index contributed by atoms with van der Waals surface area (Å²) in [4.78, 5) is 14.0. The van der Waals surface area contributed by atoms with E-state index in [0.717, 1.165) is 61.2 Å². The first-order valence-corrected chi connectivity index (χ1v) is 16.0. The predicted molar refractivity (Wildman–Crippen MR) is 185 cm³/mol. The summed E-state index contributed by atoms with van der Waals surface area (Å²) in [6.45, 7) is 4.48. The van der Waals surface area contributed by atoms with Crippen LogP contribution in [-0.4, -0.2) is 11.1 Å². The van der Waals surface area contributed by atoms with Gasteiger partial charge in [-0.1, -0.05) is 112 Å². The molecular weight excluding hydrogens is 552 g/mol. The molecule has 0 heterocycles. The van der Waals surface area contributed by atoms with Crippen molar-refractivity contribution in [1.82, 2.24) is 0 Å². The van der Waals surface area contributed by atoms with Crippen molar-refractivity contribution in [1.29, 1.82) is 5.26 Å². The Morgan fingerprint density at radius 3 is 2.00 bits per heavy atom. The lowest BCUT2D eigenvalue weighted by atomic mass is 9.70. The molecule has 6 rings (SSSR count). The van der Waals surface area contributed by atoms with Crippen molar-refractivity contribution in [2.75, 3.05) is 4.90 Å². The summed E-state index contributed by atoms with van der Waals surface area (Å²) in [5, 5.41) is 21.4. The maximum Gasteiger partial charge on any atom is 0.346 e. The van der Waals surface area contributed by atoms with Crippen molar-refractivity contribution in [3.8, 4) is 17.2 Å². The van der Waals surface area contributed by atoms with Gasteiger partial charge in [0.25, 0.3) is 0 Å². The summed E-state index contributed by atoms with van der Waals surface area (Å²) in [6, 6.07) is 40.6. The van der Waals surface area contributed by atoms with E-state index in [1.54, 1.807) is 0 Å². The number of anilines is 3. The van der Waals surface area contributed by atoms with Crippen LogP contribution in [-0.2, 0) is 10.2 Å². The Morgan fingerprint density at radius 1 is 0.733 bits per heavy atom. The second kappa shape index (κ2) is 12.8. The van der Waals surface area contributed by atoms with Crippen LogP contribution < -0.4 is 4.90 Å². The van der Waals surface area contributed by atoms with E-state index in [9.17, 15) is 15.2 Å². The molecule has 0 atom stereocenters. The zero-order valence-corrected chi connectivity index (χ0v) is 26.0. The molecule has 0 radical (unpaired) electrons. The van der Waals surface area contributed by atoms with Gasteiger partial charge in [0.15, 0.2) is 0 Å². The van der Waals surface area contributed by atoms with Crippen LogP contribution >= 0.6 is 0 Å². The van der Waals surface area contributed by atoms with E-state index < -0.39 is 5.97 Å². The Balaban J connectivity index is 1.56. The van der Waals surface area contributed by atoms with Crippen LogP contribution in [0.15, 0.2) is 115 Å². The Morgan fingerprint density at radius 2 is 1.33 bits per heavy atom. The Labute approximate surface area is 265 Å². The van der Waals surface area contributed by atoms with Gasteiger partial charge in [-0.05, 0) is 93.9 Å². The monoisotopic (exact) mass is 590 g/mol. The molecule has 4 nitrogen and oxygen atoms in total. The van der Waals surface area contributed by atoms with Crippen LogP contribution in [0.4, 0.5) is 17.1 Å². The topological polar surface area (TPSA) is 64.3 Å². The van der Waals surface area contributed by atoms with Gasteiger partial charge in [-0.25, -0.2) is 4.79 Å². The molecule has 5 aromatic carbocycles. The molecule has 1 aliphatic carbocycles. The number of fused-ring (bicyclic) bond motifs is 4. The molecule has 0 saturated heterocycles. The molecule has 0 aliphatic heterocycles. The highest BCUT2D eigenvalue weighted by Gasteiger charge is 2.42. The second-order valence-corrected chi connectivity index (χ2v) is 12.0. The minimum atomic E-state index is -1.20. The predicted octanol–water partition coefficient (Wildman–Crippen LogP) is 10.9. The SMILES string of the molecule is CCCCC1(CCCC)c2cc(C=C(C#N)C(=O)O)ccc2-c2ccc(N(c3ccccc3)c3ccc4ccccc4c3)cc21. The highest BCUT2D eigenvalue weighted by Crippen LogP contribution is 2.56. The lowest BCUT2D eigenvalue weighted by molar-refractivity contribution is -0.132. The molecule has 4 heteroatoms. The van der Waals surface area contributed by atoms with Gasteiger partial charge in [0.1, 0.15) is 11.6 Å². The van der Waals surface area contributed by atoms with Gasteiger partial charge < -0.3 is 10.0 Å². The smallest absolute Gasteiger partial charge is 0.346 e. The van der Waals surface area contributed by atoms with Crippen LogP contribution in [0.2, 0.25) is 0 Å². The Kier molecular flexibility index (Phi) is 8.54. The number of para-hydroxylation sites is 1. The lowest BCUT2D eigenvalue weighted by Gasteiger charge is -2.34. The van der Waals surface area contributed by atoms with E-state index in [2.05, 4.69) is 122 Å². The zero-order chi connectivity index (χ0) is 31.4. The van der Waals surface area contributed by atoms with Crippen molar-refractivity contribution in [2.24, 2.45) is 0 Å². The average Bonchev–Trinajstić information content (AvgIpc) is 3.34. The zero-order valence-electron chi connectivity index (χ0n) is 26.0. The first kappa shape index (κ1) is 29.9. The largest absolute Gasteiger partial charge is 0.477 e. The third kappa shape index (κ3) is 5.63. The number of aliphatic carboxylic acids is 1. The lowest BCUT2D eigenvalue weighted by Crippen LogP contribution is -2.26. The van der Waals surface area contributed by atoms with Crippen LogP contribution in [0, 0.1) is 11.3 Å². The van der Waals surface area contributed by atoms with Gasteiger partial charge in [-0.15, -0.1) is 0 Å². The van der Waals surface area contributed by atoms with E-state index in [0.29, 0.717) is 0 Å². The highest BCUT2D eigenvalue weighted by molar-refractivity contribution is 5.97. The number of hydrogen-bond donors (Lipinski definition) is 1. The van der Waals surface area contributed by atoms with Gasteiger partial charge in [-0.2, -0.15) is 5.26 Å². The van der Waals surface area contributed by atoms with Crippen LogP contribution in [0.5, 0.6) is 0 Å². The molecule has 0 unspecified atom stereocenters. The normalized spacial score (nSPS) is 13.2. The molecule has 0 spiro atoms. The number of nitriles is 1. The highest BCUT2D eigenvalue weighted by atomic mass is 16.4. The van der Waals surface area contributed by atoms with Crippen LogP contribution in [0.1, 0.15) is 69.1 Å². The summed E-state index contributed by atoms with van der Waals surface area (Å²) in [6.07, 6.45) is 7.84. The molecule has 5 aromatic rings. The van der Waals surface area contributed by atoms with Crippen molar-refractivity contribution < 1.29 is 9.90 Å². The third-order valence-corrected chi connectivity index (χ3v) is 9.21. The van der Waals surface area contributed by atoms with Gasteiger partial charge in [0.2, 0.25) is 0 Å². The van der Waals surface area contributed by atoms with Crippen molar-refractivity contribution in [3.05, 3.63) is 131 Å². The van der Waals surface area contributed by atoms with Crippen LogP contribution in [0.25, 0.3) is 28.0 Å². The summed E-state index contributed by atoms with van der Waals surface area (Å²) in [5.41, 5.74) is 8.61. The van der Waals surface area contributed by atoms with E-state index >= 15 is 0 Å². The van der Waals surface area contributed by atoms with Gasteiger partial charge >= 0.3 is 5.97 Å². The molecule has 1 N–H and O–H groups in total. The Hall–Kier alpha value is -5.14.